The molecule has 0 saturated carbocycles. The van der Waals surface area contributed by atoms with Crippen molar-refractivity contribution in [3.05, 3.63) is 47.7 Å². The average molecular weight is 618 g/mol. The van der Waals surface area contributed by atoms with Crippen LogP contribution in [0, 0.1) is 24.0 Å². The summed E-state index contributed by atoms with van der Waals surface area (Å²) in [7, 11) is 0. The van der Waals surface area contributed by atoms with Crippen LogP contribution in [0.4, 0.5) is 29.1 Å². The van der Waals surface area contributed by atoms with Gasteiger partial charge in [0.05, 0.1) is 29.6 Å². The number of aromatic nitrogens is 3. The Bertz CT molecular complexity index is 1900. The molecule has 0 radical (unpaired) electrons. The van der Waals surface area contributed by atoms with E-state index in [2.05, 4.69) is 31.1 Å². The van der Waals surface area contributed by atoms with Crippen molar-refractivity contribution in [2.24, 2.45) is 0 Å². The van der Waals surface area contributed by atoms with Gasteiger partial charge in [-0.25, -0.2) is 22.9 Å². The molecule has 232 valence electrons. The molecular weight excluding hydrogens is 586 g/mol. The zero-order chi connectivity index (χ0) is 31.1. The Balaban J connectivity index is 1.30. The molecule has 8 rings (SSSR count). The minimum absolute atomic E-state index is 0.00192. The van der Waals surface area contributed by atoms with Crippen molar-refractivity contribution in [2.75, 3.05) is 43.4 Å². The second-order valence-electron chi connectivity index (χ2n) is 12.9. The molecule has 2 unspecified atom stereocenters. The number of ether oxygens (including phenoxy) is 1. The number of hydrogen-bond donors (Lipinski definition) is 2. The third-order valence-corrected chi connectivity index (χ3v) is 9.96. The van der Waals surface area contributed by atoms with Crippen LogP contribution >= 0.6 is 0 Å². The maximum Gasteiger partial charge on any atom is 0.319 e. The van der Waals surface area contributed by atoms with Crippen molar-refractivity contribution in [3.8, 4) is 29.6 Å². The lowest BCUT2D eigenvalue weighted by atomic mass is 9.95. The summed E-state index contributed by atoms with van der Waals surface area (Å²) < 4.78 is 68.9. The van der Waals surface area contributed by atoms with E-state index in [1.807, 2.05) is 0 Å². The number of nitrogen functional groups attached to an aromatic ring is 1. The van der Waals surface area contributed by atoms with Gasteiger partial charge in [0, 0.05) is 35.7 Å². The number of anilines is 2. The highest BCUT2D eigenvalue weighted by molar-refractivity contribution is 6.03. The van der Waals surface area contributed by atoms with Crippen LogP contribution in [0.5, 0.6) is 6.01 Å². The van der Waals surface area contributed by atoms with Crippen LogP contribution in [0.2, 0.25) is 0 Å². The highest BCUT2D eigenvalue weighted by Gasteiger charge is 2.55. The number of terminal acetylenes is 1. The Kier molecular flexibility index (Phi) is 6.22. The van der Waals surface area contributed by atoms with E-state index in [-0.39, 0.29) is 76.4 Å². The molecule has 2 aromatic carbocycles. The molecule has 8 nitrogen and oxygen atoms in total. The van der Waals surface area contributed by atoms with Crippen molar-refractivity contribution in [1.82, 2.24) is 25.2 Å². The molecule has 45 heavy (non-hydrogen) atoms. The minimum Gasteiger partial charge on any atom is -0.461 e. The molecule has 12 heteroatoms. The maximum absolute atomic E-state index is 16.8. The number of nitrogens with two attached hydrogens (primary N) is 1. The fourth-order valence-corrected chi connectivity index (χ4v) is 7.94. The summed E-state index contributed by atoms with van der Waals surface area (Å²) >= 11 is 0. The predicted octanol–water partition coefficient (Wildman–Crippen LogP) is 5.23. The molecule has 4 aliphatic heterocycles. The lowest BCUT2D eigenvalue weighted by Gasteiger charge is -2.40. The zero-order valence-corrected chi connectivity index (χ0v) is 24.5. The first-order chi connectivity index (χ1) is 21.6. The Morgan fingerprint density at radius 2 is 1.76 bits per heavy atom. The number of nitrogens with one attached hydrogen (secondary N) is 1. The molecular formula is C33H31F4N7O. The van der Waals surface area contributed by atoms with Gasteiger partial charge in [-0.3, -0.25) is 9.88 Å². The molecule has 0 aliphatic carbocycles. The highest BCUT2D eigenvalue weighted by atomic mass is 19.2. The summed E-state index contributed by atoms with van der Waals surface area (Å²) in [6.45, 7) is 1.89. The summed E-state index contributed by atoms with van der Waals surface area (Å²) in [6, 6.07) is 5.77. The van der Waals surface area contributed by atoms with E-state index in [1.54, 1.807) is 6.07 Å². The summed E-state index contributed by atoms with van der Waals surface area (Å²) in [5, 5.41) is 3.43. The van der Waals surface area contributed by atoms with Crippen molar-refractivity contribution < 1.29 is 22.3 Å². The van der Waals surface area contributed by atoms with Gasteiger partial charge in [-0.05, 0) is 62.4 Å². The van der Waals surface area contributed by atoms with Gasteiger partial charge in [-0.1, -0.05) is 12.0 Å². The predicted molar refractivity (Wildman–Crippen MR) is 163 cm³/mol. The van der Waals surface area contributed by atoms with E-state index >= 15 is 13.2 Å². The fourth-order valence-electron chi connectivity index (χ4n) is 7.94. The number of fused-ring (bicyclic) bond motifs is 5. The molecule has 2 aromatic heterocycles. The second kappa shape index (κ2) is 9.89. The number of rotatable bonds is 5. The number of halogens is 4. The number of pyridine rings is 1. The molecule has 4 aliphatic rings. The van der Waals surface area contributed by atoms with Gasteiger partial charge in [-0.2, -0.15) is 9.97 Å². The molecule has 6 heterocycles. The van der Waals surface area contributed by atoms with E-state index in [1.165, 1.54) is 29.3 Å². The standard InChI is InChI=1S/C33H31F4N7O/c1-2-21-24(34)6-5-19-13-20(38)14-22(25(19)21)27-26(35)28-23(15-39-27)29(43-16-32(36)9-10-33(37,17-43)42-32)41-30(40-28)45-18-31-7-3-11-44(31)12-4-8-31/h1,5-6,13-15,42H,3-4,7-12,16-18,38H2. The zero-order valence-electron chi connectivity index (χ0n) is 24.5. The first-order valence-electron chi connectivity index (χ1n) is 15.2. The number of alkyl halides is 2. The molecule has 0 spiro atoms. The van der Waals surface area contributed by atoms with Crippen LogP contribution < -0.4 is 20.7 Å². The molecule has 2 atom stereocenters. The molecule has 4 saturated heterocycles. The van der Waals surface area contributed by atoms with Gasteiger partial charge in [0.25, 0.3) is 0 Å². The van der Waals surface area contributed by atoms with E-state index in [4.69, 9.17) is 16.9 Å². The Labute approximate surface area is 257 Å². The highest BCUT2D eigenvalue weighted by Crippen LogP contribution is 2.44. The summed E-state index contributed by atoms with van der Waals surface area (Å²) in [6.07, 6.45) is 11.1. The van der Waals surface area contributed by atoms with Crippen LogP contribution in [0.15, 0.2) is 30.5 Å². The molecule has 3 N–H and O–H groups in total. The minimum atomic E-state index is -1.97. The van der Waals surface area contributed by atoms with Gasteiger partial charge in [-0.15, -0.1) is 6.42 Å². The first kappa shape index (κ1) is 28.3. The third-order valence-electron chi connectivity index (χ3n) is 9.96. The topological polar surface area (TPSA) is 92.4 Å². The fraction of sp³-hybridized carbons (Fsp3) is 0.424. The van der Waals surface area contributed by atoms with Gasteiger partial charge < -0.3 is 15.4 Å². The number of hydrogen-bond acceptors (Lipinski definition) is 8. The van der Waals surface area contributed by atoms with Crippen LogP contribution in [-0.4, -0.2) is 69.8 Å². The van der Waals surface area contributed by atoms with Gasteiger partial charge >= 0.3 is 6.01 Å². The molecule has 4 aromatic rings. The van der Waals surface area contributed by atoms with Crippen molar-refractivity contribution >= 4 is 33.2 Å². The summed E-state index contributed by atoms with van der Waals surface area (Å²) in [5.74, 6) is -2.93. The van der Waals surface area contributed by atoms with E-state index < -0.39 is 23.2 Å². The maximum atomic E-state index is 16.8. The second-order valence-corrected chi connectivity index (χ2v) is 12.9. The number of benzene rings is 2. The normalized spacial score (nSPS) is 25.6. The number of nitrogens with zero attached hydrogens (tertiary/aromatic N) is 5. The van der Waals surface area contributed by atoms with Gasteiger partial charge in [0.2, 0.25) is 0 Å². The summed E-state index contributed by atoms with van der Waals surface area (Å²) in [5.41, 5.74) is 6.17. The SMILES string of the molecule is C#Cc1c(F)ccc2cc(N)cc(-c3ncc4c(N5CC6(F)CCC(F)(C5)N6)nc(OCC56CCCN5CCC6)nc4c3F)c12. The Hall–Kier alpha value is -4.21. The van der Waals surface area contributed by atoms with Crippen LogP contribution in [0.3, 0.4) is 0 Å². The average Bonchev–Trinajstić information content (AvgIpc) is 3.65. The molecule has 0 amide bonds. The van der Waals surface area contributed by atoms with Crippen molar-refractivity contribution in [3.63, 3.8) is 0 Å². The molecule has 4 fully saturated rings. The lowest BCUT2D eigenvalue weighted by molar-refractivity contribution is 0.0435. The third kappa shape index (κ3) is 4.47. The van der Waals surface area contributed by atoms with Crippen LogP contribution in [0.25, 0.3) is 32.9 Å². The quantitative estimate of drug-likeness (QED) is 0.136. The summed E-state index contributed by atoms with van der Waals surface area (Å²) in [4.78, 5) is 17.4. The van der Waals surface area contributed by atoms with E-state index in [9.17, 15) is 4.39 Å². The lowest BCUT2D eigenvalue weighted by Crippen LogP contribution is -2.62. The van der Waals surface area contributed by atoms with Crippen LogP contribution in [-0.2, 0) is 0 Å². The van der Waals surface area contributed by atoms with Gasteiger partial charge in [0.1, 0.15) is 29.5 Å². The van der Waals surface area contributed by atoms with Gasteiger partial charge in [0.15, 0.2) is 17.4 Å². The van der Waals surface area contributed by atoms with Crippen molar-refractivity contribution in [2.45, 2.75) is 55.6 Å². The van der Waals surface area contributed by atoms with E-state index in [0.717, 1.165) is 38.8 Å². The Morgan fingerprint density at radius 3 is 2.47 bits per heavy atom. The largest absolute Gasteiger partial charge is 0.461 e. The monoisotopic (exact) mass is 617 g/mol. The van der Waals surface area contributed by atoms with E-state index in [0.29, 0.717) is 17.7 Å². The van der Waals surface area contributed by atoms with Crippen molar-refractivity contribution in [1.29, 1.82) is 0 Å². The smallest absolute Gasteiger partial charge is 0.319 e. The Morgan fingerprint density at radius 1 is 1.02 bits per heavy atom. The molecule has 2 bridgehead atoms. The van der Waals surface area contributed by atoms with Crippen LogP contribution in [0.1, 0.15) is 44.1 Å². The number of piperazine rings is 1. The first-order valence-corrected chi connectivity index (χ1v) is 15.2.